The van der Waals surface area contributed by atoms with Crippen molar-refractivity contribution in [2.45, 2.75) is 6.92 Å². The van der Waals surface area contributed by atoms with Crippen molar-refractivity contribution in [1.82, 2.24) is 24.8 Å². The van der Waals surface area contributed by atoms with Crippen molar-refractivity contribution in [2.24, 2.45) is 0 Å². The average molecular weight is 406 g/mol. The molecule has 7 heteroatoms. The Balaban J connectivity index is 1.93. The first kappa shape index (κ1) is 15.2. The van der Waals surface area contributed by atoms with Gasteiger partial charge in [0.2, 0.25) is 0 Å². The number of pyridine rings is 1. The maximum absolute atomic E-state index is 5.62. The van der Waals surface area contributed by atoms with Gasteiger partial charge < -0.3 is 4.42 Å². The van der Waals surface area contributed by atoms with Gasteiger partial charge in [0.1, 0.15) is 11.5 Å². The van der Waals surface area contributed by atoms with Gasteiger partial charge in [0.25, 0.3) is 0 Å². The van der Waals surface area contributed by atoms with Crippen molar-refractivity contribution < 1.29 is 4.42 Å². The lowest BCUT2D eigenvalue weighted by molar-refractivity contribution is 0.583. The molecule has 0 spiro atoms. The molecule has 1 aromatic carbocycles. The van der Waals surface area contributed by atoms with Gasteiger partial charge in [-0.3, -0.25) is 0 Å². The molecular weight excluding hydrogens is 394 g/mol. The van der Waals surface area contributed by atoms with Gasteiger partial charge in [-0.25, -0.2) is 9.50 Å². The number of hydrogen-bond donors (Lipinski definition) is 0. The van der Waals surface area contributed by atoms with Crippen molar-refractivity contribution in [3.63, 3.8) is 0 Å². The monoisotopic (exact) mass is 405 g/mol. The maximum Gasteiger partial charge on any atom is 0.188 e. The van der Waals surface area contributed by atoms with E-state index in [0.717, 1.165) is 33.7 Å². The molecule has 0 fully saturated rings. The molecule has 0 bridgehead atoms. The third kappa shape index (κ3) is 2.24. The highest BCUT2D eigenvalue weighted by atomic mass is 79.9. The Bertz CT molecular complexity index is 1250. The van der Waals surface area contributed by atoms with E-state index in [4.69, 9.17) is 9.52 Å². The molecule has 0 aliphatic heterocycles. The number of rotatable bonds is 2. The lowest BCUT2D eigenvalue weighted by atomic mass is 10.1. The molecule has 0 aliphatic carbocycles. The van der Waals surface area contributed by atoms with Gasteiger partial charge in [-0.2, -0.15) is 0 Å². The normalized spacial score (nSPS) is 11.5. The lowest BCUT2D eigenvalue weighted by Gasteiger charge is -2.06. The molecule has 26 heavy (non-hydrogen) atoms. The molecule has 5 rings (SSSR count). The fourth-order valence-corrected chi connectivity index (χ4v) is 3.61. The largest absolute Gasteiger partial charge is 0.464 e. The smallest absolute Gasteiger partial charge is 0.188 e. The summed E-state index contributed by atoms with van der Waals surface area (Å²) >= 11 is 3.51. The van der Waals surface area contributed by atoms with Gasteiger partial charge in [0, 0.05) is 16.8 Å². The molecule has 0 aliphatic rings. The van der Waals surface area contributed by atoms with Crippen molar-refractivity contribution in [3.8, 4) is 22.6 Å². The van der Waals surface area contributed by atoms with Crippen molar-refractivity contribution in [1.29, 1.82) is 0 Å². The maximum atomic E-state index is 5.62. The number of furan rings is 1. The summed E-state index contributed by atoms with van der Waals surface area (Å²) in [4.78, 5) is 4.59. The fourth-order valence-electron chi connectivity index (χ4n) is 3.14. The highest BCUT2D eigenvalue weighted by Crippen LogP contribution is 2.34. The van der Waals surface area contributed by atoms with Crippen LogP contribution < -0.4 is 0 Å². The molecule has 4 aromatic heterocycles. The van der Waals surface area contributed by atoms with Gasteiger partial charge >= 0.3 is 0 Å². The predicted molar refractivity (Wildman–Crippen MR) is 102 cm³/mol. The number of hydrogen-bond acceptors (Lipinski definition) is 5. The summed E-state index contributed by atoms with van der Waals surface area (Å²) in [5.74, 6) is 0.751. The van der Waals surface area contributed by atoms with Crippen LogP contribution in [0.2, 0.25) is 0 Å². The van der Waals surface area contributed by atoms with Gasteiger partial charge in [-0.1, -0.05) is 30.3 Å². The van der Waals surface area contributed by atoms with Crippen LogP contribution in [0.1, 0.15) is 5.69 Å². The molecule has 6 nitrogen and oxygen atoms in total. The summed E-state index contributed by atoms with van der Waals surface area (Å²) in [6, 6.07) is 15.7. The Hall–Kier alpha value is -3.06. The number of aromatic nitrogens is 5. The van der Waals surface area contributed by atoms with E-state index < -0.39 is 0 Å². The SMILES string of the molecule is Cc1cc(-c2ccco2)c2c(n1)nn1c(-c3ccccc3)c(Br)nnc21. The van der Waals surface area contributed by atoms with E-state index in [0.29, 0.717) is 15.9 Å². The van der Waals surface area contributed by atoms with Crippen LogP contribution in [0.3, 0.4) is 0 Å². The third-order valence-electron chi connectivity index (χ3n) is 4.22. The zero-order valence-corrected chi connectivity index (χ0v) is 15.3. The Morgan fingerprint density at radius 3 is 2.65 bits per heavy atom. The standard InChI is InChI=1S/C19H12BrN5O/c1-11-10-13(14-8-5-9-26-14)15-18(21-11)24-25-16(12-6-3-2-4-7-12)17(20)22-23-19(15)25/h2-10H,1H3. The van der Waals surface area contributed by atoms with Crippen molar-refractivity contribution >= 4 is 32.6 Å². The number of benzene rings is 1. The van der Waals surface area contributed by atoms with E-state index >= 15 is 0 Å². The summed E-state index contributed by atoms with van der Waals surface area (Å²) in [5, 5.41) is 14.2. The molecule has 4 heterocycles. The zero-order valence-electron chi connectivity index (χ0n) is 13.7. The molecule has 0 saturated carbocycles. The molecule has 0 N–H and O–H groups in total. The molecule has 0 atom stereocenters. The van der Waals surface area contributed by atoms with Crippen molar-refractivity contribution in [2.75, 3.05) is 0 Å². The van der Waals surface area contributed by atoms with Crippen LogP contribution in [0.5, 0.6) is 0 Å². The van der Waals surface area contributed by atoms with Crippen LogP contribution in [0.15, 0.2) is 63.8 Å². The van der Waals surface area contributed by atoms with Crippen LogP contribution in [-0.2, 0) is 0 Å². The van der Waals surface area contributed by atoms with Crippen LogP contribution in [0.25, 0.3) is 39.3 Å². The molecule has 0 saturated heterocycles. The number of halogens is 1. The first-order chi connectivity index (χ1) is 12.7. The van der Waals surface area contributed by atoms with E-state index in [1.54, 1.807) is 10.8 Å². The van der Waals surface area contributed by atoms with Gasteiger partial charge in [-0.15, -0.1) is 15.3 Å². The first-order valence-corrected chi connectivity index (χ1v) is 8.83. The molecule has 0 unspecified atom stereocenters. The summed E-state index contributed by atoms with van der Waals surface area (Å²) < 4.78 is 8.03. The van der Waals surface area contributed by atoms with Crippen LogP contribution in [0, 0.1) is 6.92 Å². The molecule has 0 radical (unpaired) electrons. The predicted octanol–water partition coefficient (Wildman–Crippen LogP) is 4.67. The van der Waals surface area contributed by atoms with Gasteiger partial charge in [0.15, 0.2) is 15.9 Å². The van der Waals surface area contributed by atoms with Gasteiger partial charge in [-0.05, 0) is 41.1 Å². The minimum Gasteiger partial charge on any atom is -0.464 e. The topological polar surface area (TPSA) is 69.1 Å². The summed E-state index contributed by atoms with van der Waals surface area (Å²) in [5.41, 5.74) is 4.84. The van der Waals surface area contributed by atoms with Crippen molar-refractivity contribution in [3.05, 3.63) is 65.1 Å². The van der Waals surface area contributed by atoms with Crippen LogP contribution >= 0.6 is 15.9 Å². The number of nitrogens with zero attached hydrogens (tertiary/aromatic N) is 5. The first-order valence-electron chi connectivity index (χ1n) is 8.04. The Kier molecular flexibility index (Phi) is 3.36. The fraction of sp³-hybridized carbons (Fsp3) is 0.0526. The zero-order chi connectivity index (χ0) is 17.7. The Morgan fingerprint density at radius 1 is 1.04 bits per heavy atom. The van der Waals surface area contributed by atoms with Crippen LogP contribution in [-0.4, -0.2) is 24.8 Å². The lowest BCUT2D eigenvalue weighted by Crippen LogP contribution is -2.00. The summed E-state index contributed by atoms with van der Waals surface area (Å²) in [6.45, 7) is 1.94. The highest BCUT2D eigenvalue weighted by Gasteiger charge is 2.20. The second kappa shape index (κ2) is 5.74. The molecule has 126 valence electrons. The van der Waals surface area contributed by atoms with E-state index in [2.05, 4.69) is 31.1 Å². The van der Waals surface area contributed by atoms with Crippen LogP contribution in [0.4, 0.5) is 0 Å². The second-order valence-electron chi connectivity index (χ2n) is 5.93. The molecule has 5 aromatic rings. The number of aryl methyl sites for hydroxylation is 1. The van der Waals surface area contributed by atoms with E-state index in [1.807, 2.05) is 55.5 Å². The summed E-state index contributed by atoms with van der Waals surface area (Å²) in [6.07, 6.45) is 1.65. The minimum absolute atomic E-state index is 0.612. The average Bonchev–Trinajstić information content (AvgIpc) is 3.29. The van der Waals surface area contributed by atoms with E-state index in [1.165, 1.54) is 0 Å². The summed E-state index contributed by atoms with van der Waals surface area (Å²) in [7, 11) is 0. The number of fused-ring (bicyclic) bond motifs is 3. The van der Waals surface area contributed by atoms with E-state index in [9.17, 15) is 0 Å². The minimum atomic E-state index is 0.612. The molecule has 0 amide bonds. The second-order valence-corrected chi connectivity index (χ2v) is 6.68. The quantitative estimate of drug-likeness (QED) is 0.426. The third-order valence-corrected chi connectivity index (χ3v) is 4.76. The van der Waals surface area contributed by atoms with E-state index in [-0.39, 0.29) is 0 Å². The highest BCUT2D eigenvalue weighted by molar-refractivity contribution is 9.10. The Labute approximate surface area is 156 Å². The Morgan fingerprint density at radius 2 is 1.88 bits per heavy atom. The van der Waals surface area contributed by atoms with Gasteiger partial charge in [0.05, 0.1) is 11.6 Å². The molecular formula is C19H12BrN5O.